The number of carbonyl (C=O) groups is 2. The predicted octanol–water partition coefficient (Wildman–Crippen LogP) is 3.44. The van der Waals surface area contributed by atoms with Crippen LogP contribution in [0.1, 0.15) is 32.3 Å². The van der Waals surface area contributed by atoms with Gasteiger partial charge in [0.15, 0.2) is 0 Å². The summed E-state index contributed by atoms with van der Waals surface area (Å²) < 4.78 is 17.1. The zero-order chi connectivity index (χ0) is 21.9. The first-order valence-electron chi connectivity index (χ1n) is 8.91. The fourth-order valence-corrected chi connectivity index (χ4v) is 4.46. The van der Waals surface area contributed by atoms with E-state index in [0.29, 0.717) is 45.7 Å². The number of rotatable bonds is 8. The summed E-state index contributed by atoms with van der Waals surface area (Å²) >= 11 is 3.48. The first-order valence-corrected chi connectivity index (χ1v) is 9.70. The highest BCUT2D eigenvalue weighted by atomic mass is 79.9. The SMILES string of the molecule is CCC1=C(C(=O)O)NC(C(=O)O)=CC1(CC)c1c(OC)cc(OC)c(Br)c1OC. The Bertz CT molecular complexity index is 907. The molecule has 29 heavy (non-hydrogen) atoms. The molecule has 1 aliphatic rings. The van der Waals surface area contributed by atoms with Crippen LogP contribution in [-0.2, 0) is 15.0 Å². The van der Waals surface area contributed by atoms with Crippen LogP contribution in [0.25, 0.3) is 0 Å². The summed E-state index contributed by atoms with van der Waals surface area (Å²) in [7, 11) is 4.45. The summed E-state index contributed by atoms with van der Waals surface area (Å²) in [6.45, 7) is 3.68. The van der Waals surface area contributed by atoms with E-state index < -0.39 is 17.4 Å². The van der Waals surface area contributed by atoms with Gasteiger partial charge in [0.05, 0.1) is 26.9 Å². The minimum Gasteiger partial charge on any atom is -0.496 e. The summed E-state index contributed by atoms with van der Waals surface area (Å²) in [5.74, 6) is -1.27. The van der Waals surface area contributed by atoms with Crippen LogP contribution in [0, 0.1) is 0 Å². The van der Waals surface area contributed by atoms with Crippen LogP contribution < -0.4 is 19.5 Å². The van der Waals surface area contributed by atoms with Crippen molar-refractivity contribution in [1.82, 2.24) is 5.32 Å². The van der Waals surface area contributed by atoms with Gasteiger partial charge >= 0.3 is 11.9 Å². The monoisotopic (exact) mass is 469 g/mol. The van der Waals surface area contributed by atoms with Crippen molar-refractivity contribution in [3.8, 4) is 17.2 Å². The average molecular weight is 470 g/mol. The van der Waals surface area contributed by atoms with Crippen LogP contribution >= 0.6 is 15.9 Å². The molecule has 0 spiro atoms. The lowest BCUT2D eigenvalue weighted by Crippen LogP contribution is -2.40. The topological polar surface area (TPSA) is 114 Å². The largest absolute Gasteiger partial charge is 0.496 e. The van der Waals surface area contributed by atoms with Crippen LogP contribution in [0.3, 0.4) is 0 Å². The third kappa shape index (κ3) is 3.66. The van der Waals surface area contributed by atoms with Gasteiger partial charge in [0, 0.05) is 11.5 Å². The fourth-order valence-electron chi connectivity index (χ4n) is 3.82. The van der Waals surface area contributed by atoms with Crippen LogP contribution in [0.5, 0.6) is 17.2 Å². The van der Waals surface area contributed by atoms with E-state index in [1.807, 2.05) is 13.8 Å². The zero-order valence-corrected chi connectivity index (χ0v) is 18.5. The van der Waals surface area contributed by atoms with Gasteiger partial charge in [-0.15, -0.1) is 0 Å². The van der Waals surface area contributed by atoms with Gasteiger partial charge in [0.25, 0.3) is 0 Å². The van der Waals surface area contributed by atoms with E-state index >= 15 is 0 Å². The van der Waals surface area contributed by atoms with Gasteiger partial charge in [0.1, 0.15) is 33.1 Å². The van der Waals surface area contributed by atoms with E-state index in [1.54, 1.807) is 6.07 Å². The molecule has 0 saturated heterocycles. The number of hydrogen-bond acceptors (Lipinski definition) is 6. The highest BCUT2D eigenvalue weighted by Gasteiger charge is 2.45. The van der Waals surface area contributed by atoms with Crippen LogP contribution in [-0.4, -0.2) is 43.5 Å². The van der Waals surface area contributed by atoms with Gasteiger partial charge in [-0.1, -0.05) is 13.8 Å². The molecule has 1 aliphatic heterocycles. The molecule has 3 N–H and O–H groups in total. The summed E-state index contributed by atoms with van der Waals surface area (Å²) in [4.78, 5) is 23.8. The lowest BCUT2D eigenvalue weighted by Gasteiger charge is -2.39. The lowest BCUT2D eigenvalue weighted by atomic mass is 9.67. The molecule has 1 atom stereocenters. The molecule has 0 radical (unpaired) electrons. The number of dihydropyridines is 1. The van der Waals surface area contributed by atoms with Crippen LogP contribution in [0.4, 0.5) is 0 Å². The van der Waals surface area contributed by atoms with Crippen molar-refractivity contribution in [3.63, 3.8) is 0 Å². The van der Waals surface area contributed by atoms with E-state index in [4.69, 9.17) is 14.2 Å². The van der Waals surface area contributed by atoms with Gasteiger partial charge < -0.3 is 29.7 Å². The third-order valence-corrected chi connectivity index (χ3v) is 5.84. The summed E-state index contributed by atoms with van der Waals surface area (Å²) in [5.41, 5.74) is -0.435. The maximum atomic E-state index is 12.0. The van der Waals surface area contributed by atoms with E-state index in [-0.39, 0.29) is 11.4 Å². The number of allylic oxidation sites excluding steroid dienone is 2. The fraction of sp³-hybridized carbons (Fsp3) is 0.400. The van der Waals surface area contributed by atoms with Gasteiger partial charge in [-0.2, -0.15) is 0 Å². The highest BCUT2D eigenvalue weighted by Crippen LogP contribution is 2.54. The van der Waals surface area contributed by atoms with Crippen molar-refractivity contribution in [1.29, 1.82) is 0 Å². The molecule has 1 aromatic rings. The molecule has 0 amide bonds. The lowest BCUT2D eigenvalue weighted by molar-refractivity contribution is -0.133. The molecule has 1 heterocycles. The number of carboxylic acids is 2. The summed E-state index contributed by atoms with van der Waals surface area (Å²) in [6.07, 6.45) is 2.26. The third-order valence-electron chi connectivity index (χ3n) is 5.09. The number of methoxy groups -OCH3 is 3. The maximum absolute atomic E-state index is 12.0. The maximum Gasteiger partial charge on any atom is 0.352 e. The highest BCUT2D eigenvalue weighted by molar-refractivity contribution is 9.10. The number of ether oxygens (including phenoxy) is 3. The Kier molecular flexibility index (Phi) is 6.84. The zero-order valence-electron chi connectivity index (χ0n) is 16.9. The first-order chi connectivity index (χ1) is 13.7. The molecular weight excluding hydrogens is 446 g/mol. The van der Waals surface area contributed by atoms with Crippen molar-refractivity contribution < 1.29 is 34.0 Å². The van der Waals surface area contributed by atoms with E-state index in [1.165, 1.54) is 27.4 Å². The number of aliphatic carboxylic acids is 2. The van der Waals surface area contributed by atoms with E-state index in [9.17, 15) is 19.8 Å². The first kappa shape index (κ1) is 22.6. The molecule has 8 nitrogen and oxygen atoms in total. The van der Waals surface area contributed by atoms with Crippen molar-refractivity contribution in [3.05, 3.63) is 39.1 Å². The van der Waals surface area contributed by atoms with E-state index in [0.717, 1.165) is 0 Å². The molecule has 9 heteroatoms. The van der Waals surface area contributed by atoms with Crippen molar-refractivity contribution in [2.45, 2.75) is 32.1 Å². The molecule has 0 saturated carbocycles. The molecule has 0 fully saturated rings. The molecule has 158 valence electrons. The van der Waals surface area contributed by atoms with Gasteiger partial charge in [-0.25, -0.2) is 9.59 Å². The summed E-state index contributed by atoms with van der Waals surface area (Å²) in [6, 6.07) is 1.66. The Labute approximate surface area is 177 Å². The second-order valence-corrected chi connectivity index (χ2v) is 7.12. The van der Waals surface area contributed by atoms with Gasteiger partial charge in [-0.3, -0.25) is 0 Å². The predicted molar refractivity (Wildman–Crippen MR) is 110 cm³/mol. The minimum atomic E-state index is -1.26. The number of benzene rings is 1. The Hall–Kier alpha value is -2.68. The quantitative estimate of drug-likeness (QED) is 0.530. The molecule has 1 unspecified atom stereocenters. The molecule has 0 bridgehead atoms. The summed E-state index contributed by atoms with van der Waals surface area (Å²) in [5, 5.41) is 21.9. The van der Waals surface area contributed by atoms with Gasteiger partial charge in [-0.05, 0) is 40.4 Å². The second kappa shape index (κ2) is 8.77. The molecule has 2 rings (SSSR count). The van der Waals surface area contributed by atoms with Crippen molar-refractivity contribution in [2.75, 3.05) is 21.3 Å². The Balaban J connectivity index is 3.06. The second-order valence-electron chi connectivity index (χ2n) is 6.33. The number of carboxylic acid groups (broad SMARTS) is 2. The number of nitrogens with one attached hydrogen (secondary N) is 1. The normalized spacial score (nSPS) is 18.6. The van der Waals surface area contributed by atoms with Crippen LogP contribution in [0.15, 0.2) is 33.6 Å². The Morgan fingerprint density at radius 1 is 1.07 bits per heavy atom. The molecular formula is C20H24BrNO7. The average Bonchev–Trinajstić information content (AvgIpc) is 2.71. The molecule has 0 aromatic heterocycles. The molecule has 0 aliphatic carbocycles. The van der Waals surface area contributed by atoms with Crippen LogP contribution in [0.2, 0.25) is 0 Å². The Morgan fingerprint density at radius 3 is 2.10 bits per heavy atom. The standard InChI is InChI=1S/C20H24BrNO7/c1-6-10-16(19(25)26)22-11(18(23)24)9-20(10,7-2)14-12(27-3)8-13(28-4)15(21)17(14)29-5/h8-9,22H,6-7H2,1-5H3,(H,23,24)(H,25,26). The molecule has 1 aromatic carbocycles. The van der Waals surface area contributed by atoms with E-state index in [2.05, 4.69) is 21.2 Å². The number of halogens is 1. The number of hydrogen-bond donors (Lipinski definition) is 3. The van der Waals surface area contributed by atoms with Crippen molar-refractivity contribution >= 4 is 27.9 Å². The van der Waals surface area contributed by atoms with Crippen molar-refractivity contribution in [2.24, 2.45) is 0 Å². The van der Waals surface area contributed by atoms with Gasteiger partial charge in [0.2, 0.25) is 0 Å². The minimum absolute atomic E-state index is 0.162. The smallest absolute Gasteiger partial charge is 0.352 e. The Morgan fingerprint density at radius 2 is 1.69 bits per heavy atom.